The fourth-order valence-electron chi connectivity index (χ4n) is 2.02. The zero-order chi connectivity index (χ0) is 11.5. The quantitative estimate of drug-likeness (QED) is 0.786. The Balaban J connectivity index is 2.17. The molecule has 1 atom stereocenters. The Morgan fingerprint density at radius 3 is 2.69 bits per heavy atom. The second kappa shape index (κ2) is 4.53. The van der Waals surface area contributed by atoms with Crippen LogP contribution in [0.1, 0.15) is 17.3 Å². The van der Waals surface area contributed by atoms with Crippen molar-refractivity contribution < 1.29 is 9.90 Å². The van der Waals surface area contributed by atoms with Gasteiger partial charge in [-0.1, -0.05) is 0 Å². The van der Waals surface area contributed by atoms with Crippen LogP contribution in [0.25, 0.3) is 0 Å². The number of anilines is 1. The van der Waals surface area contributed by atoms with Crippen LogP contribution in [0.2, 0.25) is 0 Å². The van der Waals surface area contributed by atoms with E-state index in [-0.39, 0.29) is 0 Å². The van der Waals surface area contributed by atoms with E-state index < -0.39 is 5.97 Å². The van der Waals surface area contributed by atoms with E-state index in [9.17, 15) is 4.79 Å². The molecule has 1 aliphatic heterocycles. The first kappa shape index (κ1) is 11.0. The number of carboxylic acids is 1. The number of benzene rings is 1. The van der Waals surface area contributed by atoms with Crippen molar-refractivity contribution in [3.8, 4) is 0 Å². The minimum absolute atomic E-state index is 0.339. The number of carbonyl (C=O) groups is 1. The number of piperazine rings is 1. The monoisotopic (exact) mass is 220 g/mol. The van der Waals surface area contributed by atoms with Crippen LogP contribution in [0.5, 0.6) is 0 Å². The lowest BCUT2D eigenvalue weighted by atomic mass is 10.1. The van der Waals surface area contributed by atoms with Crippen LogP contribution in [-0.4, -0.2) is 36.8 Å². The van der Waals surface area contributed by atoms with Gasteiger partial charge < -0.3 is 15.3 Å². The number of hydrogen-bond donors (Lipinski definition) is 2. The first-order valence-corrected chi connectivity index (χ1v) is 5.49. The molecule has 4 heteroatoms. The standard InChI is InChI=1S/C12H16N2O2/c1-9-8-13-6-7-14(9)11-4-2-10(3-5-11)12(15)16/h2-5,9,13H,6-8H2,1H3,(H,15,16)/t9-/m1/s1. The van der Waals surface area contributed by atoms with Crippen LogP contribution in [0, 0.1) is 0 Å². The molecule has 1 aromatic carbocycles. The van der Waals surface area contributed by atoms with Crippen molar-refractivity contribution >= 4 is 11.7 Å². The van der Waals surface area contributed by atoms with Gasteiger partial charge in [-0.3, -0.25) is 0 Å². The maximum Gasteiger partial charge on any atom is 0.335 e. The molecule has 4 nitrogen and oxygen atoms in total. The molecule has 16 heavy (non-hydrogen) atoms. The van der Waals surface area contributed by atoms with Gasteiger partial charge in [0.15, 0.2) is 0 Å². The Kier molecular flexibility index (Phi) is 3.10. The lowest BCUT2D eigenvalue weighted by Crippen LogP contribution is -2.49. The summed E-state index contributed by atoms with van der Waals surface area (Å²) >= 11 is 0. The van der Waals surface area contributed by atoms with Crippen LogP contribution in [0.15, 0.2) is 24.3 Å². The average molecular weight is 220 g/mol. The fourth-order valence-corrected chi connectivity index (χ4v) is 2.02. The SMILES string of the molecule is C[C@@H]1CNCCN1c1ccc(C(=O)O)cc1. The van der Waals surface area contributed by atoms with Crippen molar-refractivity contribution in [1.82, 2.24) is 5.32 Å². The molecule has 0 bridgehead atoms. The van der Waals surface area contributed by atoms with Gasteiger partial charge in [-0.25, -0.2) is 4.79 Å². The summed E-state index contributed by atoms with van der Waals surface area (Å²) in [5.74, 6) is -0.875. The van der Waals surface area contributed by atoms with Crippen molar-refractivity contribution in [1.29, 1.82) is 0 Å². The van der Waals surface area contributed by atoms with E-state index in [2.05, 4.69) is 17.1 Å². The Morgan fingerprint density at radius 1 is 1.44 bits per heavy atom. The minimum Gasteiger partial charge on any atom is -0.478 e. The van der Waals surface area contributed by atoms with Gasteiger partial charge in [0.1, 0.15) is 0 Å². The van der Waals surface area contributed by atoms with Crippen molar-refractivity contribution in [3.63, 3.8) is 0 Å². The van der Waals surface area contributed by atoms with Crippen molar-refractivity contribution in [3.05, 3.63) is 29.8 Å². The molecule has 0 amide bonds. The molecule has 1 aromatic rings. The van der Waals surface area contributed by atoms with Gasteiger partial charge in [-0.2, -0.15) is 0 Å². The van der Waals surface area contributed by atoms with Gasteiger partial charge in [0.05, 0.1) is 5.56 Å². The van der Waals surface area contributed by atoms with Gasteiger partial charge in [0.25, 0.3) is 0 Å². The predicted molar refractivity (Wildman–Crippen MR) is 63.1 cm³/mol. The molecule has 0 radical (unpaired) electrons. The summed E-state index contributed by atoms with van der Waals surface area (Å²) in [6.07, 6.45) is 0. The summed E-state index contributed by atoms with van der Waals surface area (Å²) in [6, 6.07) is 7.53. The Morgan fingerprint density at radius 2 is 2.12 bits per heavy atom. The highest BCUT2D eigenvalue weighted by molar-refractivity contribution is 5.88. The summed E-state index contributed by atoms with van der Waals surface area (Å²) in [4.78, 5) is 13.0. The van der Waals surface area contributed by atoms with Gasteiger partial charge in [0, 0.05) is 31.4 Å². The number of nitrogens with one attached hydrogen (secondary N) is 1. The zero-order valence-electron chi connectivity index (χ0n) is 9.31. The van der Waals surface area contributed by atoms with E-state index in [1.54, 1.807) is 12.1 Å². The van der Waals surface area contributed by atoms with Crippen LogP contribution in [0.4, 0.5) is 5.69 Å². The second-order valence-corrected chi connectivity index (χ2v) is 4.10. The zero-order valence-corrected chi connectivity index (χ0v) is 9.31. The van der Waals surface area contributed by atoms with E-state index in [4.69, 9.17) is 5.11 Å². The van der Waals surface area contributed by atoms with E-state index in [0.29, 0.717) is 11.6 Å². The number of nitrogens with zero attached hydrogens (tertiary/aromatic N) is 1. The average Bonchev–Trinajstić information content (AvgIpc) is 2.30. The lowest BCUT2D eigenvalue weighted by molar-refractivity contribution is 0.0697. The summed E-state index contributed by atoms with van der Waals surface area (Å²) in [7, 11) is 0. The normalized spacial score (nSPS) is 20.8. The maximum absolute atomic E-state index is 10.7. The molecule has 0 spiro atoms. The minimum atomic E-state index is -0.875. The Labute approximate surface area is 94.9 Å². The molecule has 0 unspecified atom stereocenters. The van der Waals surface area contributed by atoms with E-state index in [1.165, 1.54) is 0 Å². The molecule has 1 heterocycles. The smallest absolute Gasteiger partial charge is 0.335 e. The topological polar surface area (TPSA) is 52.6 Å². The first-order chi connectivity index (χ1) is 7.68. The number of hydrogen-bond acceptors (Lipinski definition) is 3. The van der Waals surface area contributed by atoms with E-state index >= 15 is 0 Å². The Hall–Kier alpha value is -1.55. The van der Waals surface area contributed by atoms with Gasteiger partial charge in [0.2, 0.25) is 0 Å². The second-order valence-electron chi connectivity index (χ2n) is 4.10. The van der Waals surface area contributed by atoms with Gasteiger partial charge in [-0.05, 0) is 31.2 Å². The number of carboxylic acid groups (broad SMARTS) is 1. The molecular formula is C12H16N2O2. The van der Waals surface area contributed by atoms with Crippen LogP contribution < -0.4 is 10.2 Å². The summed E-state index contributed by atoms with van der Waals surface area (Å²) in [5.41, 5.74) is 1.44. The van der Waals surface area contributed by atoms with Crippen molar-refractivity contribution in [2.75, 3.05) is 24.5 Å². The van der Waals surface area contributed by atoms with E-state index in [0.717, 1.165) is 25.3 Å². The molecule has 2 rings (SSSR count). The third-order valence-corrected chi connectivity index (χ3v) is 2.95. The van der Waals surface area contributed by atoms with Crippen LogP contribution in [0.3, 0.4) is 0 Å². The molecule has 1 aliphatic rings. The van der Waals surface area contributed by atoms with Gasteiger partial charge in [-0.15, -0.1) is 0 Å². The fraction of sp³-hybridized carbons (Fsp3) is 0.417. The highest BCUT2D eigenvalue weighted by Gasteiger charge is 2.18. The first-order valence-electron chi connectivity index (χ1n) is 5.49. The maximum atomic E-state index is 10.7. The van der Waals surface area contributed by atoms with Crippen molar-refractivity contribution in [2.45, 2.75) is 13.0 Å². The molecule has 0 aromatic heterocycles. The summed E-state index contributed by atoms with van der Waals surface area (Å²) < 4.78 is 0. The number of rotatable bonds is 2. The van der Waals surface area contributed by atoms with E-state index in [1.807, 2.05) is 12.1 Å². The van der Waals surface area contributed by atoms with Gasteiger partial charge >= 0.3 is 5.97 Å². The molecule has 0 aliphatic carbocycles. The van der Waals surface area contributed by atoms with Crippen molar-refractivity contribution in [2.24, 2.45) is 0 Å². The highest BCUT2D eigenvalue weighted by Crippen LogP contribution is 2.18. The molecule has 1 fully saturated rings. The third-order valence-electron chi connectivity index (χ3n) is 2.95. The molecule has 86 valence electrons. The lowest BCUT2D eigenvalue weighted by Gasteiger charge is -2.35. The van der Waals surface area contributed by atoms with Crippen LogP contribution in [-0.2, 0) is 0 Å². The highest BCUT2D eigenvalue weighted by atomic mass is 16.4. The molecule has 2 N–H and O–H groups in total. The largest absolute Gasteiger partial charge is 0.478 e. The summed E-state index contributed by atoms with van der Waals surface area (Å²) in [6.45, 7) is 5.08. The predicted octanol–water partition coefficient (Wildman–Crippen LogP) is 1.18. The van der Waals surface area contributed by atoms with Crippen LogP contribution >= 0.6 is 0 Å². The summed E-state index contributed by atoms with van der Waals surface area (Å²) in [5, 5.41) is 12.1. The molecule has 0 saturated carbocycles. The number of aromatic carboxylic acids is 1. The Bertz CT molecular complexity index is 375. The third kappa shape index (κ3) is 2.17. The molecular weight excluding hydrogens is 204 g/mol. The molecule has 1 saturated heterocycles.